The third kappa shape index (κ3) is 3.03. The zero-order chi connectivity index (χ0) is 11.5. The molecule has 0 aliphatic heterocycles. The van der Waals surface area contributed by atoms with Crippen molar-refractivity contribution >= 4 is 40.9 Å². The van der Waals surface area contributed by atoms with Crippen molar-refractivity contribution in [1.29, 1.82) is 0 Å². The second kappa shape index (κ2) is 6.10. The molecule has 0 aliphatic rings. The fraction of sp³-hybridized carbons (Fsp3) is 0.143. The Balaban J connectivity index is 0.00000144. The molecular weight excluding hydrogens is 219 g/mol. The van der Waals surface area contributed by atoms with Gasteiger partial charge in [-0.05, 0) is 11.6 Å². The summed E-state index contributed by atoms with van der Waals surface area (Å²) in [6.45, 7) is 0. The zero-order valence-electron chi connectivity index (χ0n) is 9.64. The van der Waals surface area contributed by atoms with Gasteiger partial charge in [-0.15, -0.1) is 0 Å². The third-order valence-electron chi connectivity index (χ3n) is 2.65. The second-order valence-corrected chi connectivity index (χ2v) is 4.00. The number of rotatable bonds is 2. The number of hydrogen-bond acceptors (Lipinski definition) is 2. The van der Waals surface area contributed by atoms with E-state index in [1.54, 1.807) is 0 Å². The van der Waals surface area contributed by atoms with Crippen molar-refractivity contribution in [1.82, 2.24) is 0 Å². The summed E-state index contributed by atoms with van der Waals surface area (Å²) >= 11 is 0. The van der Waals surface area contributed by atoms with Crippen LogP contribution in [0.25, 0.3) is 11.1 Å². The van der Waals surface area contributed by atoms with Gasteiger partial charge in [0.15, 0.2) is 0 Å². The van der Waals surface area contributed by atoms with Crippen LogP contribution in [-0.2, 0) is 0 Å². The minimum absolute atomic E-state index is 0. The summed E-state index contributed by atoms with van der Waals surface area (Å²) in [5, 5.41) is 0. The molecule has 17 heavy (non-hydrogen) atoms. The summed E-state index contributed by atoms with van der Waals surface area (Å²) in [5.41, 5.74) is 10.3. The SMILES string of the molecule is CN(C)c1cccc(-c2ccccc2)c1N.[NaH]. The van der Waals surface area contributed by atoms with E-state index in [4.69, 9.17) is 5.73 Å². The Morgan fingerprint density at radius 1 is 0.882 bits per heavy atom. The average molecular weight is 236 g/mol. The number of nitrogens with two attached hydrogens (primary N) is 1. The first kappa shape index (κ1) is 14.1. The van der Waals surface area contributed by atoms with Gasteiger partial charge in [0.1, 0.15) is 0 Å². The van der Waals surface area contributed by atoms with Crippen LogP contribution in [-0.4, -0.2) is 43.7 Å². The van der Waals surface area contributed by atoms with Crippen molar-refractivity contribution in [3.05, 3.63) is 48.5 Å². The molecule has 3 heteroatoms. The van der Waals surface area contributed by atoms with Gasteiger partial charge >= 0.3 is 29.6 Å². The summed E-state index contributed by atoms with van der Waals surface area (Å²) in [5.74, 6) is 0. The van der Waals surface area contributed by atoms with E-state index in [-0.39, 0.29) is 29.6 Å². The van der Waals surface area contributed by atoms with E-state index in [0.717, 1.165) is 22.5 Å². The minimum atomic E-state index is 0. The Kier molecular flexibility index (Phi) is 5.06. The van der Waals surface area contributed by atoms with Crippen LogP contribution in [0.3, 0.4) is 0 Å². The predicted molar refractivity (Wildman–Crippen MR) is 77.8 cm³/mol. The molecule has 0 saturated heterocycles. The van der Waals surface area contributed by atoms with E-state index in [1.165, 1.54) is 0 Å². The molecule has 2 aromatic rings. The second-order valence-electron chi connectivity index (χ2n) is 4.00. The third-order valence-corrected chi connectivity index (χ3v) is 2.65. The number of nitrogen functional groups attached to an aromatic ring is 1. The molecule has 0 amide bonds. The maximum absolute atomic E-state index is 6.17. The van der Waals surface area contributed by atoms with E-state index >= 15 is 0 Å². The molecule has 0 heterocycles. The summed E-state index contributed by atoms with van der Waals surface area (Å²) < 4.78 is 0. The van der Waals surface area contributed by atoms with Crippen LogP contribution in [0.5, 0.6) is 0 Å². The van der Waals surface area contributed by atoms with E-state index in [1.807, 2.05) is 49.3 Å². The first-order chi connectivity index (χ1) is 7.70. The van der Waals surface area contributed by atoms with Crippen LogP contribution in [0.1, 0.15) is 0 Å². The van der Waals surface area contributed by atoms with Crippen LogP contribution in [0.4, 0.5) is 11.4 Å². The number of benzene rings is 2. The standard InChI is InChI=1S/C14H16N2.Na.H/c1-16(2)13-10-6-9-12(14(13)15)11-7-4-3-5-8-11;;/h3-10H,15H2,1-2H3;;. The zero-order valence-corrected chi connectivity index (χ0v) is 9.64. The first-order valence-corrected chi connectivity index (χ1v) is 5.31. The molecule has 0 radical (unpaired) electrons. The monoisotopic (exact) mass is 236 g/mol. The van der Waals surface area contributed by atoms with Gasteiger partial charge in [0.05, 0.1) is 11.4 Å². The summed E-state index contributed by atoms with van der Waals surface area (Å²) in [6, 6.07) is 16.3. The Hall–Kier alpha value is -0.960. The summed E-state index contributed by atoms with van der Waals surface area (Å²) in [7, 11) is 4.00. The van der Waals surface area contributed by atoms with Gasteiger partial charge in [-0.1, -0.05) is 42.5 Å². The molecule has 0 aromatic heterocycles. The normalized spacial score (nSPS) is 9.53. The number of nitrogens with zero attached hydrogens (tertiary/aromatic N) is 1. The molecular formula is C14H17N2Na. The van der Waals surface area contributed by atoms with Crippen LogP contribution >= 0.6 is 0 Å². The van der Waals surface area contributed by atoms with Crippen LogP contribution in [0.15, 0.2) is 48.5 Å². The fourth-order valence-corrected chi connectivity index (χ4v) is 1.81. The van der Waals surface area contributed by atoms with E-state index in [0.29, 0.717) is 0 Å². The van der Waals surface area contributed by atoms with Crippen LogP contribution in [0.2, 0.25) is 0 Å². The van der Waals surface area contributed by atoms with E-state index in [9.17, 15) is 0 Å². The Morgan fingerprint density at radius 2 is 1.53 bits per heavy atom. The molecule has 84 valence electrons. The van der Waals surface area contributed by atoms with Crippen LogP contribution < -0.4 is 10.6 Å². The van der Waals surface area contributed by atoms with E-state index < -0.39 is 0 Å². The van der Waals surface area contributed by atoms with Gasteiger partial charge in [-0.25, -0.2) is 0 Å². The number of anilines is 2. The van der Waals surface area contributed by atoms with Crippen molar-refractivity contribution in [3.63, 3.8) is 0 Å². The number of para-hydroxylation sites is 1. The van der Waals surface area contributed by atoms with Gasteiger partial charge in [0, 0.05) is 19.7 Å². The van der Waals surface area contributed by atoms with Gasteiger partial charge in [0.25, 0.3) is 0 Å². The van der Waals surface area contributed by atoms with Gasteiger partial charge in [0.2, 0.25) is 0 Å². The topological polar surface area (TPSA) is 29.3 Å². The van der Waals surface area contributed by atoms with Crippen molar-refractivity contribution < 1.29 is 0 Å². The van der Waals surface area contributed by atoms with Crippen molar-refractivity contribution in [2.75, 3.05) is 24.7 Å². The molecule has 0 unspecified atom stereocenters. The maximum atomic E-state index is 6.17. The molecule has 2 aromatic carbocycles. The van der Waals surface area contributed by atoms with Gasteiger partial charge < -0.3 is 10.6 Å². The Bertz CT molecular complexity index is 481. The molecule has 0 aliphatic carbocycles. The summed E-state index contributed by atoms with van der Waals surface area (Å²) in [4.78, 5) is 2.03. The fourth-order valence-electron chi connectivity index (χ4n) is 1.81. The van der Waals surface area contributed by atoms with Crippen molar-refractivity contribution in [3.8, 4) is 11.1 Å². The average Bonchev–Trinajstić information content (AvgIpc) is 2.30. The van der Waals surface area contributed by atoms with Gasteiger partial charge in [-0.2, -0.15) is 0 Å². The van der Waals surface area contributed by atoms with Crippen molar-refractivity contribution in [2.24, 2.45) is 0 Å². The quantitative estimate of drug-likeness (QED) is 0.640. The molecule has 0 saturated carbocycles. The molecule has 0 bridgehead atoms. The molecule has 2 rings (SSSR count). The molecule has 0 spiro atoms. The molecule has 0 fully saturated rings. The Morgan fingerprint density at radius 3 is 2.12 bits per heavy atom. The molecule has 2 nitrogen and oxygen atoms in total. The Labute approximate surface area is 125 Å². The number of hydrogen-bond donors (Lipinski definition) is 1. The van der Waals surface area contributed by atoms with Crippen molar-refractivity contribution in [2.45, 2.75) is 0 Å². The summed E-state index contributed by atoms with van der Waals surface area (Å²) in [6.07, 6.45) is 0. The molecule has 2 N–H and O–H groups in total. The van der Waals surface area contributed by atoms with E-state index in [2.05, 4.69) is 18.2 Å². The predicted octanol–water partition coefficient (Wildman–Crippen LogP) is 2.35. The van der Waals surface area contributed by atoms with Crippen LogP contribution in [0, 0.1) is 0 Å². The first-order valence-electron chi connectivity index (χ1n) is 5.31. The van der Waals surface area contributed by atoms with Gasteiger partial charge in [-0.3, -0.25) is 0 Å². The molecule has 0 atom stereocenters.